The molecule has 10 heteroatoms. The number of hydrogen-bond donors (Lipinski definition) is 1. The van der Waals surface area contributed by atoms with Gasteiger partial charge in [-0.25, -0.2) is 4.98 Å². The number of carbonyl (C=O) groups excluding carboxylic acids is 1. The molecule has 1 aliphatic rings. The molecule has 0 bridgehead atoms. The number of carbonyl (C=O) groups is 1. The number of nitrogens with zero attached hydrogens (tertiary/aromatic N) is 2. The summed E-state index contributed by atoms with van der Waals surface area (Å²) >= 11 is 5.94. The van der Waals surface area contributed by atoms with Crippen molar-refractivity contribution >= 4 is 17.5 Å². The van der Waals surface area contributed by atoms with E-state index in [1.165, 1.54) is 6.07 Å². The van der Waals surface area contributed by atoms with E-state index in [2.05, 4.69) is 26.0 Å². The highest BCUT2D eigenvalue weighted by Gasteiger charge is 2.29. The maximum Gasteiger partial charge on any atom is 0.422 e. The van der Waals surface area contributed by atoms with Crippen LogP contribution < -0.4 is 10.1 Å². The second-order valence-electron chi connectivity index (χ2n) is 7.20. The smallest absolute Gasteiger partial charge is 0.422 e. The van der Waals surface area contributed by atoms with Gasteiger partial charge in [-0.1, -0.05) is 41.4 Å². The molecule has 1 N–H and O–H groups in total. The summed E-state index contributed by atoms with van der Waals surface area (Å²) in [5.41, 5.74) is 2.33. The summed E-state index contributed by atoms with van der Waals surface area (Å²) in [5, 5.41) is 2.71. The van der Waals surface area contributed by atoms with E-state index >= 15 is 0 Å². The highest BCUT2D eigenvalue weighted by Crippen LogP contribution is 2.26. The second-order valence-corrected chi connectivity index (χ2v) is 7.61. The number of alkyl halides is 3. The number of pyridine rings is 1. The Morgan fingerprint density at radius 2 is 2.06 bits per heavy atom. The van der Waals surface area contributed by atoms with Crippen molar-refractivity contribution in [2.45, 2.75) is 19.1 Å². The van der Waals surface area contributed by atoms with Gasteiger partial charge < -0.3 is 14.8 Å². The van der Waals surface area contributed by atoms with Crippen LogP contribution in [0.5, 0.6) is 5.88 Å². The quantitative estimate of drug-likeness (QED) is 0.685. The Morgan fingerprint density at radius 3 is 2.71 bits per heavy atom. The van der Waals surface area contributed by atoms with Crippen LogP contribution in [0.25, 0.3) is 0 Å². The summed E-state index contributed by atoms with van der Waals surface area (Å²) in [6.07, 6.45) is -3.37. The largest absolute Gasteiger partial charge is 0.467 e. The Kier molecular flexibility index (Phi) is 7.74. The number of rotatable bonds is 7. The molecule has 2 heterocycles. The Bertz CT molecular complexity index is 905. The summed E-state index contributed by atoms with van der Waals surface area (Å²) in [6.45, 7) is 3.56. The molecule has 168 valence electrons. The topological polar surface area (TPSA) is 63.7 Å². The molecular weight excluding hydrogens is 435 g/mol. The third-order valence-corrected chi connectivity index (χ3v) is 5.08. The van der Waals surface area contributed by atoms with E-state index in [1.54, 1.807) is 0 Å². The van der Waals surface area contributed by atoms with Gasteiger partial charge in [0, 0.05) is 25.8 Å². The van der Waals surface area contributed by atoms with E-state index < -0.39 is 18.7 Å². The van der Waals surface area contributed by atoms with E-state index in [0.29, 0.717) is 19.8 Å². The fraction of sp³-hybridized carbons (Fsp3) is 0.429. The normalized spacial score (nSPS) is 16.0. The summed E-state index contributed by atoms with van der Waals surface area (Å²) in [6, 6.07) is 9.27. The molecule has 0 spiro atoms. The summed E-state index contributed by atoms with van der Waals surface area (Å²) < 4.78 is 46.9. The van der Waals surface area contributed by atoms with E-state index in [4.69, 9.17) is 16.3 Å². The van der Waals surface area contributed by atoms with Gasteiger partial charge in [0.25, 0.3) is 5.91 Å². The molecule has 6 nitrogen and oxygen atoms in total. The summed E-state index contributed by atoms with van der Waals surface area (Å²) in [5.74, 6) is -0.802. The number of nitrogens with one attached hydrogen (secondary N) is 1. The van der Waals surface area contributed by atoms with E-state index in [9.17, 15) is 18.0 Å². The van der Waals surface area contributed by atoms with Crippen molar-refractivity contribution in [3.63, 3.8) is 0 Å². The molecule has 0 radical (unpaired) electrons. The van der Waals surface area contributed by atoms with Gasteiger partial charge >= 0.3 is 6.18 Å². The maximum atomic E-state index is 12.6. The Morgan fingerprint density at radius 1 is 1.32 bits per heavy atom. The number of aryl methyl sites for hydroxylation is 1. The molecule has 3 rings (SSSR count). The van der Waals surface area contributed by atoms with Crippen LogP contribution in [0.3, 0.4) is 0 Å². The first-order chi connectivity index (χ1) is 14.7. The van der Waals surface area contributed by atoms with Crippen LogP contribution in [0.4, 0.5) is 13.2 Å². The van der Waals surface area contributed by atoms with Crippen LogP contribution in [-0.4, -0.2) is 61.4 Å². The number of ether oxygens (including phenoxy) is 2. The SMILES string of the molecule is Cc1cccc(C(CNC(=O)c2cnc(OCC(F)(F)F)c(Cl)c2)N2CCOCC2)c1. The Hall–Kier alpha value is -2.36. The van der Waals surface area contributed by atoms with Crippen molar-refractivity contribution in [1.82, 2.24) is 15.2 Å². The van der Waals surface area contributed by atoms with Crippen LogP contribution in [0.2, 0.25) is 5.02 Å². The van der Waals surface area contributed by atoms with Crippen LogP contribution in [0, 0.1) is 6.92 Å². The number of hydrogen-bond acceptors (Lipinski definition) is 5. The molecule has 0 saturated carbocycles. The van der Waals surface area contributed by atoms with Gasteiger partial charge in [0.05, 0.1) is 24.8 Å². The maximum absolute atomic E-state index is 12.6. The third-order valence-electron chi connectivity index (χ3n) is 4.81. The average Bonchev–Trinajstić information content (AvgIpc) is 2.73. The van der Waals surface area contributed by atoms with E-state index in [1.807, 2.05) is 25.1 Å². The first kappa shape index (κ1) is 23.3. The Balaban J connectivity index is 1.68. The molecular formula is C21H23ClF3N3O3. The molecule has 1 aliphatic heterocycles. The molecule has 2 aromatic rings. The number of benzene rings is 1. The van der Waals surface area contributed by atoms with Crippen LogP contribution >= 0.6 is 11.6 Å². The Labute approximate surface area is 183 Å². The van der Waals surface area contributed by atoms with Gasteiger partial charge in [-0.05, 0) is 18.6 Å². The fourth-order valence-corrected chi connectivity index (χ4v) is 3.54. The van der Waals surface area contributed by atoms with Crippen molar-refractivity contribution in [1.29, 1.82) is 0 Å². The lowest BCUT2D eigenvalue weighted by Crippen LogP contribution is -2.43. The summed E-state index contributed by atoms with van der Waals surface area (Å²) in [4.78, 5) is 18.6. The second kappa shape index (κ2) is 10.3. The lowest BCUT2D eigenvalue weighted by molar-refractivity contribution is -0.154. The lowest BCUT2D eigenvalue weighted by atomic mass is 10.0. The van der Waals surface area contributed by atoms with Crippen molar-refractivity contribution in [3.05, 3.63) is 58.2 Å². The minimum Gasteiger partial charge on any atom is -0.467 e. The van der Waals surface area contributed by atoms with Gasteiger partial charge in [0.15, 0.2) is 6.61 Å². The number of aromatic nitrogens is 1. The van der Waals surface area contributed by atoms with Crippen molar-refractivity contribution in [2.75, 3.05) is 39.5 Å². The van der Waals surface area contributed by atoms with Gasteiger partial charge in [-0.15, -0.1) is 0 Å². The van der Waals surface area contributed by atoms with Gasteiger partial charge in [0.1, 0.15) is 5.02 Å². The first-order valence-electron chi connectivity index (χ1n) is 9.74. The van der Waals surface area contributed by atoms with Gasteiger partial charge in [0.2, 0.25) is 5.88 Å². The standard InChI is InChI=1S/C21H23ClF3N3O3/c1-14-3-2-4-15(9-14)18(28-5-7-30-8-6-28)12-26-19(29)16-10-17(22)20(27-11-16)31-13-21(23,24)25/h2-4,9-11,18H,5-8,12-13H2,1H3,(H,26,29). The first-order valence-corrected chi connectivity index (χ1v) is 10.1. The predicted octanol–water partition coefficient (Wildman–Crippen LogP) is 3.79. The van der Waals surface area contributed by atoms with E-state index in [0.717, 1.165) is 30.4 Å². The molecule has 1 aromatic carbocycles. The van der Waals surface area contributed by atoms with Crippen molar-refractivity contribution in [3.8, 4) is 5.88 Å². The highest BCUT2D eigenvalue weighted by atomic mass is 35.5. The van der Waals surface area contributed by atoms with Crippen LogP contribution in [0.1, 0.15) is 27.5 Å². The van der Waals surface area contributed by atoms with Crippen molar-refractivity contribution in [2.24, 2.45) is 0 Å². The zero-order valence-corrected chi connectivity index (χ0v) is 17.7. The van der Waals surface area contributed by atoms with Gasteiger partial charge in [-0.2, -0.15) is 13.2 Å². The van der Waals surface area contributed by atoms with Crippen LogP contribution in [0.15, 0.2) is 36.5 Å². The predicted molar refractivity (Wildman–Crippen MR) is 109 cm³/mol. The number of amides is 1. The monoisotopic (exact) mass is 457 g/mol. The fourth-order valence-electron chi connectivity index (χ4n) is 3.32. The molecule has 1 fully saturated rings. The summed E-state index contributed by atoms with van der Waals surface area (Å²) in [7, 11) is 0. The molecule has 1 aromatic heterocycles. The lowest BCUT2D eigenvalue weighted by Gasteiger charge is -2.35. The number of morpholine rings is 1. The third kappa shape index (κ3) is 6.81. The minimum atomic E-state index is -4.51. The molecule has 1 atom stereocenters. The average molecular weight is 458 g/mol. The number of halogens is 4. The molecule has 1 unspecified atom stereocenters. The molecule has 1 amide bonds. The molecule has 0 aliphatic carbocycles. The van der Waals surface area contributed by atoms with E-state index in [-0.39, 0.29) is 22.5 Å². The minimum absolute atomic E-state index is 0.0504. The zero-order valence-electron chi connectivity index (χ0n) is 16.9. The molecule has 31 heavy (non-hydrogen) atoms. The highest BCUT2D eigenvalue weighted by molar-refractivity contribution is 6.32. The molecule has 1 saturated heterocycles. The zero-order chi connectivity index (χ0) is 22.4. The van der Waals surface area contributed by atoms with Crippen LogP contribution in [-0.2, 0) is 4.74 Å². The van der Waals surface area contributed by atoms with Gasteiger partial charge in [-0.3, -0.25) is 9.69 Å². The van der Waals surface area contributed by atoms with Crippen molar-refractivity contribution < 1.29 is 27.4 Å².